The highest BCUT2D eigenvalue weighted by Crippen LogP contribution is 2.66. The fourth-order valence-corrected chi connectivity index (χ4v) is 17.8. The van der Waals surface area contributed by atoms with Gasteiger partial charge in [0.2, 0.25) is 0 Å². The van der Waals surface area contributed by atoms with E-state index in [-0.39, 0.29) is 16.2 Å². The van der Waals surface area contributed by atoms with Crippen molar-refractivity contribution in [2.45, 2.75) is 159 Å². The number of fused-ring (bicyclic) bond motifs is 21. The van der Waals surface area contributed by atoms with E-state index in [2.05, 4.69) is 260 Å². The molecule has 0 aromatic heterocycles. The molecule has 0 bridgehead atoms. The molecule has 2 aliphatic heterocycles. The van der Waals surface area contributed by atoms with E-state index in [9.17, 15) is 0 Å². The van der Waals surface area contributed by atoms with E-state index < -0.39 is 10.8 Å². The van der Waals surface area contributed by atoms with Crippen LogP contribution >= 0.6 is 0 Å². The first kappa shape index (κ1) is 53.8. The van der Waals surface area contributed by atoms with Crippen LogP contribution in [0, 0.1) is 0 Å². The Kier molecular flexibility index (Phi) is 11.8. The van der Waals surface area contributed by atoms with Crippen molar-refractivity contribution in [2.24, 2.45) is 0 Å². The van der Waals surface area contributed by atoms with Crippen LogP contribution in [0.1, 0.15) is 209 Å². The van der Waals surface area contributed by atoms with Gasteiger partial charge in [0.05, 0.1) is 10.8 Å². The molecule has 10 aromatic carbocycles. The number of hydrogen-bond acceptors (Lipinski definition) is 3. The summed E-state index contributed by atoms with van der Waals surface area (Å²) >= 11 is 0. The van der Waals surface area contributed by atoms with Gasteiger partial charge in [0.25, 0.3) is 0 Å². The van der Waals surface area contributed by atoms with Crippen LogP contribution in [0.5, 0.6) is 23.0 Å². The number of anilines is 3. The lowest BCUT2D eigenvalue weighted by atomic mass is 9.64. The van der Waals surface area contributed by atoms with E-state index in [1.54, 1.807) is 0 Å². The third-order valence-electron chi connectivity index (χ3n) is 22.3. The standard InChI is InChI=1S/C85H79NO2/c1-81(2,3)56-33-42-78-74(47-56)84(75-48-57(82(4,5)6)34-43-79(75)88-78)68-28-18-16-26-62(68)66-41-36-59(50-73(66)84)86(58-35-40-63-61-25-15-17-27-67(61)83(7,8)70(63)49-58)60-37-44-80-76(51-60)85(69-29-19-20-30-77(69)87-80)71-45-54(52-21-11-9-12-22-52)31-38-64(71)65-39-32-55(46-72(65)85)53-23-13-10-14-24-53/h15-20,25-53H,9-14,21-24H2,1-8H3. The fraction of sp³-hybridized carbons (Fsp3) is 0.294. The van der Waals surface area contributed by atoms with E-state index in [0.29, 0.717) is 11.8 Å². The Balaban J connectivity index is 0.949. The van der Waals surface area contributed by atoms with Crippen molar-refractivity contribution in [1.29, 1.82) is 0 Å². The zero-order chi connectivity index (χ0) is 59.6. The van der Waals surface area contributed by atoms with Gasteiger partial charge in [-0.15, -0.1) is 0 Å². The topological polar surface area (TPSA) is 21.7 Å². The van der Waals surface area contributed by atoms with Gasteiger partial charge in [0.1, 0.15) is 23.0 Å². The molecule has 7 aliphatic rings. The maximum absolute atomic E-state index is 7.33. The quantitative estimate of drug-likeness (QED) is 0.171. The highest BCUT2D eigenvalue weighted by molar-refractivity contribution is 5.94. The summed E-state index contributed by atoms with van der Waals surface area (Å²) < 4.78 is 14.5. The van der Waals surface area contributed by atoms with Crippen molar-refractivity contribution in [3.8, 4) is 56.4 Å². The normalized spacial score (nSPS) is 17.7. The SMILES string of the molecule is CC(C)(C)c1ccc2c(c1)C1(c3cc(C(C)(C)C)ccc3O2)c2ccccc2-c2ccc(N(c3ccc4c(c3)C(C)(C)c3ccccc3-4)c3ccc4c(c3)C3(c5ccccc5O4)c4cc(C5CCCCC5)ccc4-c4ccc(C5CCCCC5)cc43)cc21. The third kappa shape index (κ3) is 7.67. The fourth-order valence-electron chi connectivity index (χ4n) is 17.8. The van der Waals surface area contributed by atoms with Gasteiger partial charge in [-0.2, -0.15) is 0 Å². The molecular formula is C85H79NO2. The van der Waals surface area contributed by atoms with Crippen LogP contribution in [0.4, 0.5) is 17.1 Å². The second-order valence-electron chi connectivity index (χ2n) is 29.6. The molecule has 0 atom stereocenters. The molecule has 2 saturated carbocycles. The monoisotopic (exact) mass is 1150 g/mol. The van der Waals surface area contributed by atoms with Crippen LogP contribution in [-0.2, 0) is 27.1 Å². The molecule has 0 amide bonds. The minimum absolute atomic E-state index is 0.104. The van der Waals surface area contributed by atoms with Crippen LogP contribution in [0.15, 0.2) is 200 Å². The van der Waals surface area contributed by atoms with E-state index in [4.69, 9.17) is 9.47 Å². The maximum Gasteiger partial charge on any atom is 0.132 e. The lowest BCUT2D eigenvalue weighted by Gasteiger charge is -2.41. The average Bonchev–Trinajstić information content (AvgIpc) is 1.49. The minimum Gasteiger partial charge on any atom is -0.457 e. The largest absolute Gasteiger partial charge is 0.457 e. The molecule has 2 heterocycles. The van der Waals surface area contributed by atoms with Gasteiger partial charge in [-0.1, -0.05) is 221 Å². The van der Waals surface area contributed by atoms with Crippen LogP contribution in [0.2, 0.25) is 0 Å². The Bertz CT molecular complexity index is 4410. The van der Waals surface area contributed by atoms with Gasteiger partial charge in [0.15, 0.2) is 0 Å². The highest BCUT2D eigenvalue weighted by Gasteiger charge is 2.54. The first-order valence-corrected chi connectivity index (χ1v) is 33.1. The Morgan fingerprint density at radius 3 is 1.22 bits per heavy atom. The number of ether oxygens (including phenoxy) is 2. The summed E-state index contributed by atoms with van der Waals surface area (Å²) in [5.41, 5.74) is 27.8. The van der Waals surface area contributed by atoms with Crippen molar-refractivity contribution in [3.63, 3.8) is 0 Å². The van der Waals surface area contributed by atoms with Crippen LogP contribution in [-0.4, -0.2) is 0 Å². The molecule has 17 rings (SSSR count). The third-order valence-corrected chi connectivity index (χ3v) is 22.3. The molecule has 88 heavy (non-hydrogen) atoms. The van der Waals surface area contributed by atoms with E-state index in [0.717, 1.165) is 40.1 Å². The van der Waals surface area contributed by atoms with E-state index in [1.165, 1.54) is 175 Å². The van der Waals surface area contributed by atoms with Crippen molar-refractivity contribution in [2.75, 3.05) is 4.90 Å². The lowest BCUT2D eigenvalue weighted by Crippen LogP contribution is -2.33. The van der Waals surface area contributed by atoms with Gasteiger partial charge >= 0.3 is 0 Å². The molecule has 10 aromatic rings. The summed E-state index contributed by atoms with van der Waals surface area (Å²) in [4.78, 5) is 2.59. The van der Waals surface area contributed by atoms with Gasteiger partial charge in [-0.3, -0.25) is 0 Å². The number of nitrogens with zero attached hydrogens (tertiary/aromatic N) is 1. The van der Waals surface area contributed by atoms with Crippen molar-refractivity contribution in [3.05, 3.63) is 278 Å². The smallest absolute Gasteiger partial charge is 0.132 e. The summed E-state index contributed by atoms with van der Waals surface area (Å²) in [5, 5.41) is 0. The average molecular weight is 1150 g/mol. The predicted molar refractivity (Wildman–Crippen MR) is 362 cm³/mol. The van der Waals surface area contributed by atoms with Crippen molar-refractivity contribution < 1.29 is 9.47 Å². The number of benzene rings is 10. The van der Waals surface area contributed by atoms with Crippen LogP contribution < -0.4 is 14.4 Å². The molecule has 0 unspecified atom stereocenters. The van der Waals surface area contributed by atoms with Gasteiger partial charge in [0, 0.05) is 44.7 Å². The molecule has 0 radical (unpaired) electrons. The zero-order valence-electron chi connectivity index (χ0n) is 52.5. The second-order valence-corrected chi connectivity index (χ2v) is 29.6. The number of rotatable bonds is 5. The summed E-state index contributed by atoms with van der Waals surface area (Å²) in [6.45, 7) is 18.8. The molecule has 2 fully saturated rings. The molecule has 0 N–H and O–H groups in total. The summed E-state index contributed by atoms with van der Waals surface area (Å²) in [6, 6.07) is 78.6. The molecule has 5 aliphatic carbocycles. The maximum atomic E-state index is 7.33. The molecule has 2 spiro atoms. The number of para-hydroxylation sites is 1. The van der Waals surface area contributed by atoms with Crippen LogP contribution in [0.25, 0.3) is 33.4 Å². The Morgan fingerprint density at radius 1 is 0.318 bits per heavy atom. The Labute approximate surface area is 521 Å². The highest BCUT2D eigenvalue weighted by atomic mass is 16.5. The molecular weight excluding hydrogens is 1070 g/mol. The lowest BCUT2D eigenvalue weighted by molar-refractivity contribution is 0.433. The summed E-state index contributed by atoms with van der Waals surface area (Å²) in [5.74, 6) is 4.77. The molecule has 3 nitrogen and oxygen atoms in total. The van der Waals surface area contributed by atoms with Crippen molar-refractivity contribution in [1.82, 2.24) is 0 Å². The molecule has 3 heteroatoms. The molecule has 0 saturated heterocycles. The zero-order valence-corrected chi connectivity index (χ0v) is 52.5. The first-order valence-electron chi connectivity index (χ1n) is 33.1. The predicted octanol–water partition coefficient (Wildman–Crippen LogP) is 23.1. The van der Waals surface area contributed by atoms with Crippen molar-refractivity contribution >= 4 is 17.1 Å². The summed E-state index contributed by atoms with van der Waals surface area (Å²) in [7, 11) is 0. The first-order chi connectivity index (χ1) is 42.6. The van der Waals surface area contributed by atoms with Gasteiger partial charge < -0.3 is 14.4 Å². The second kappa shape index (κ2) is 19.3. The van der Waals surface area contributed by atoms with E-state index >= 15 is 0 Å². The minimum atomic E-state index is -0.707. The Morgan fingerprint density at radius 2 is 0.682 bits per heavy atom. The van der Waals surface area contributed by atoms with E-state index in [1.807, 2.05) is 0 Å². The molecule has 436 valence electrons. The number of hydrogen-bond donors (Lipinski definition) is 0. The van der Waals surface area contributed by atoms with Crippen LogP contribution in [0.3, 0.4) is 0 Å². The van der Waals surface area contributed by atoms with Gasteiger partial charge in [-0.25, -0.2) is 0 Å². The Hall–Kier alpha value is -8.40. The van der Waals surface area contributed by atoms with Gasteiger partial charge in [-0.05, 0) is 210 Å². The summed E-state index contributed by atoms with van der Waals surface area (Å²) in [6.07, 6.45) is 12.8.